The third-order valence-corrected chi connectivity index (χ3v) is 7.09. The molecule has 10 heteroatoms. The summed E-state index contributed by atoms with van der Waals surface area (Å²) in [5.41, 5.74) is 3.20. The van der Waals surface area contributed by atoms with E-state index in [2.05, 4.69) is 52.8 Å². The Morgan fingerprint density at radius 1 is 1.03 bits per heavy atom. The van der Waals surface area contributed by atoms with Crippen LogP contribution in [0.25, 0.3) is 0 Å². The van der Waals surface area contributed by atoms with Crippen molar-refractivity contribution in [2.75, 3.05) is 19.1 Å². The lowest BCUT2D eigenvalue weighted by Crippen LogP contribution is -2.25. The lowest BCUT2D eigenvalue weighted by Gasteiger charge is -2.27. The number of aliphatic hydroxyl groups is 3. The van der Waals surface area contributed by atoms with Gasteiger partial charge in [0.1, 0.15) is 42.6 Å². The van der Waals surface area contributed by atoms with Gasteiger partial charge in [0.15, 0.2) is 0 Å². The largest absolute Gasteiger partial charge is 0.491 e. The van der Waals surface area contributed by atoms with Crippen molar-refractivity contribution >= 4 is 34.2 Å². The average Bonchev–Trinajstić information content (AvgIpc) is 3.20. The molecule has 190 valence electrons. The standard InChI is InChI=1S/C25H31ClIN3O5/c1-16-23(13-31)28-29-30(16)12-20(33)15-35-24-9-6-18(10-22(24)27)25(2,3)17-4-7-21(8-5-17)34-14-19(32)11-26/h4-10,19-20,31-33H,11-15H2,1-3H3/t19-,20-/m0/s1. The third kappa shape index (κ3) is 7.07. The predicted molar refractivity (Wildman–Crippen MR) is 142 cm³/mol. The van der Waals surface area contributed by atoms with Crippen LogP contribution in [0.15, 0.2) is 42.5 Å². The molecule has 0 aliphatic carbocycles. The second-order valence-electron chi connectivity index (χ2n) is 8.84. The molecular formula is C25H31ClIN3O5. The van der Waals surface area contributed by atoms with E-state index in [1.807, 2.05) is 36.4 Å². The number of hydrogen-bond acceptors (Lipinski definition) is 7. The Balaban J connectivity index is 1.62. The number of nitrogens with zero attached hydrogens (tertiary/aromatic N) is 3. The first-order valence-electron chi connectivity index (χ1n) is 11.2. The molecule has 0 radical (unpaired) electrons. The molecule has 2 aromatic carbocycles. The minimum atomic E-state index is -0.778. The van der Waals surface area contributed by atoms with Crippen LogP contribution in [0.3, 0.4) is 0 Å². The van der Waals surface area contributed by atoms with Gasteiger partial charge in [0.25, 0.3) is 0 Å². The molecule has 0 unspecified atom stereocenters. The van der Waals surface area contributed by atoms with Crippen LogP contribution in [0.4, 0.5) is 0 Å². The van der Waals surface area contributed by atoms with Crippen LogP contribution in [0.2, 0.25) is 0 Å². The normalized spacial score (nSPS) is 13.5. The van der Waals surface area contributed by atoms with E-state index in [0.29, 0.717) is 17.2 Å². The van der Waals surface area contributed by atoms with E-state index in [4.69, 9.17) is 21.1 Å². The number of aromatic nitrogens is 3. The van der Waals surface area contributed by atoms with Crippen LogP contribution < -0.4 is 9.47 Å². The smallest absolute Gasteiger partial charge is 0.132 e. The fourth-order valence-corrected chi connectivity index (χ4v) is 4.29. The molecule has 0 aliphatic heterocycles. The number of benzene rings is 2. The van der Waals surface area contributed by atoms with Gasteiger partial charge >= 0.3 is 0 Å². The lowest BCUT2D eigenvalue weighted by molar-refractivity contribution is 0.0878. The highest BCUT2D eigenvalue weighted by Crippen LogP contribution is 2.35. The van der Waals surface area contributed by atoms with Crippen molar-refractivity contribution < 1.29 is 24.8 Å². The Kier molecular flexibility index (Phi) is 9.77. The fourth-order valence-electron chi connectivity index (χ4n) is 3.53. The fraction of sp³-hybridized carbons (Fsp3) is 0.440. The lowest BCUT2D eigenvalue weighted by atomic mass is 9.78. The van der Waals surface area contributed by atoms with Crippen LogP contribution in [-0.4, -0.2) is 61.6 Å². The van der Waals surface area contributed by atoms with Gasteiger partial charge in [0, 0.05) is 5.41 Å². The zero-order valence-electron chi connectivity index (χ0n) is 20.0. The molecule has 1 heterocycles. The second kappa shape index (κ2) is 12.4. The molecule has 3 rings (SSSR count). The highest BCUT2D eigenvalue weighted by Gasteiger charge is 2.24. The van der Waals surface area contributed by atoms with E-state index < -0.39 is 12.2 Å². The monoisotopic (exact) mass is 615 g/mol. The van der Waals surface area contributed by atoms with E-state index in [1.165, 1.54) is 0 Å². The summed E-state index contributed by atoms with van der Waals surface area (Å²) >= 11 is 7.85. The molecule has 2 atom stereocenters. The summed E-state index contributed by atoms with van der Waals surface area (Å²) in [4.78, 5) is 0. The van der Waals surface area contributed by atoms with Crippen molar-refractivity contribution in [1.29, 1.82) is 0 Å². The highest BCUT2D eigenvalue weighted by atomic mass is 127. The van der Waals surface area contributed by atoms with Gasteiger partial charge in [-0.15, -0.1) is 16.7 Å². The molecule has 0 saturated carbocycles. The third-order valence-electron chi connectivity index (χ3n) is 5.89. The molecule has 0 bridgehead atoms. The molecule has 0 fully saturated rings. The molecular weight excluding hydrogens is 585 g/mol. The summed E-state index contributed by atoms with van der Waals surface area (Å²) in [6.45, 7) is 6.40. The van der Waals surface area contributed by atoms with Crippen molar-refractivity contribution in [3.05, 3.63) is 68.5 Å². The highest BCUT2D eigenvalue weighted by molar-refractivity contribution is 14.1. The van der Waals surface area contributed by atoms with Crippen molar-refractivity contribution in [2.45, 2.75) is 51.5 Å². The maximum Gasteiger partial charge on any atom is 0.132 e. The van der Waals surface area contributed by atoms with Gasteiger partial charge in [0.2, 0.25) is 0 Å². The molecule has 0 spiro atoms. The number of ether oxygens (including phenoxy) is 2. The Morgan fingerprint density at radius 2 is 1.69 bits per heavy atom. The van der Waals surface area contributed by atoms with Crippen molar-refractivity contribution in [3.63, 3.8) is 0 Å². The topological polar surface area (TPSA) is 110 Å². The summed E-state index contributed by atoms with van der Waals surface area (Å²) in [6, 6.07) is 13.8. The Hall–Kier alpha value is -1.92. The Morgan fingerprint density at radius 3 is 2.29 bits per heavy atom. The Bertz CT molecular complexity index is 1110. The summed E-state index contributed by atoms with van der Waals surface area (Å²) < 4.78 is 13.9. The van der Waals surface area contributed by atoms with Crippen molar-refractivity contribution in [2.24, 2.45) is 0 Å². The first-order valence-corrected chi connectivity index (χ1v) is 12.8. The van der Waals surface area contributed by atoms with Crippen LogP contribution in [-0.2, 0) is 18.6 Å². The average molecular weight is 616 g/mol. The second-order valence-corrected chi connectivity index (χ2v) is 10.3. The molecule has 8 nitrogen and oxygen atoms in total. The zero-order valence-corrected chi connectivity index (χ0v) is 22.9. The van der Waals surface area contributed by atoms with E-state index >= 15 is 0 Å². The molecule has 3 N–H and O–H groups in total. The van der Waals surface area contributed by atoms with Gasteiger partial charge in [-0.3, -0.25) is 0 Å². The molecule has 3 aromatic rings. The molecule has 0 amide bonds. The number of aliphatic hydroxyl groups excluding tert-OH is 3. The van der Waals surface area contributed by atoms with Gasteiger partial charge in [0.05, 0.1) is 28.3 Å². The number of hydrogen-bond donors (Lipinski definition) is 3. The van der Waals surface area contributed by atoms with Gasteiger partial charge < -0.3 is 24.8 Å². The van der Waals surface area contributed by atoms with Gasteiger partial charge in [-0.25, -0.2) is 4.68 Å². The van der Waals surface area contributed by atoms with Crippen LogP contribution in [0.1, 0.15) is 36.4 Å². The van der Waals surface area contributed by atoms with Gasteiger partial charge in [-0.05, 0) is 64.9 Å². The minimum absolute atomic E-state index is 0.104. The van der Waals surface area contributed by atoms with Gasteiger partial charge in [-0.1, -0.05) is 37.3 Å². The minimum Gasteiger partial charge on any atom is -0.491 e. The quantitative estimate of drug-likeness (QED) is 0.212. The summed E-state index contributed by atoms with van der Waals surface area (Å²) in [5, 5.41) is 37.0. The maximum absolute atomic E-state index is 10.4. The Labute approximate surface area is 224 Å². The zero-order chi connectivity index (χ0) is 25.6. The van der Waals surface area contributed by atoms with Gasteiger partial charge in [-0.2, -0.15) is 0 Å². The molecule has 0 aliphatic rings. The number of alkyl halides is 1. The first kappa shape index (κ1) is 27.7. The molecule has 35 heavy (non-hydrogen) atoms. The molecule has 0 saturated heterocycles. The maximum atomic E-state index is 10.4. The van der Waals surface area contributed by atoms with Crippen molar-refractivity contribution in [1.82, 2.24) is 15.0 Å². The van der Waals surface area contributed by atoms with Crippen LogP contribution in [0, 0.1) is 10.5 Å². The van der Waals surface area contributed by atoms with Crippen LogP contribution >= 0.6 is 34.2 Å². The summed E-state index contributed by atoms with van der Waals surface area (Å²) in [5.74, 6) is 1.51. The first-order chi connectivity index (χ1) is 16.6. The van der Waals surface area contributed by atoms with E-state index in [0.717, 1.165) is 20.4 Å². The van der Waals surface area contributed by atoms with Crippen molar-refractivity contribution in [3.8, 4) is 11.5 Å². The number of halogens is 2. The molecule has 1 aromatic heterocycles. The predicted octanol–water partition coefficient (Wildman–Crippen LogP) is 3.43. The number of rotatable bonds is 12. The van der Waals surface area contributed by atoms with E-state index in [-0.39, 0.29) is 37.7 Å². The van der Waals surface area contributed by atoms with E-state index in [1.54, 1.807) is 11.6 Å². The summed E-state index contributed by atoms with van der Waals surface area (Å²) in [6.07, 6.45) is -1.47. The summed E-state index contributed by atoms with van der Waals surface area (Å²) in [7, 11) is 0. The SMILES string of the molecule is Cc1c(CO)nnn1C[C@H](O)COc1ccc(C(C)(C)c2ccc(OC[C@@H](O)CCl)cc2)cc1I. The van der Waals surface area contributed by atoms with Crippen LogP contribution in [0.5, 0.6) is 11.5 Å². The van der Waals surface area contributed by atoms with E-state index in [9.17, 15) is 15.3 Å².